The van der Waals surface area contributed by atoms with Crippen molar-refractivity contribution in [2.45, 2.75) is 32.6 Å². The SMILES string of the molecule is CCCCCCNC(=O)c1cccnc1NC. The van der Waals surface area contributed by atoms with Gasteiger partial charge in [0.2, 0.25) is 0 Å². The zero-order valence-corrected chi connectivity index (χ0v) is 10.6. The Morgan fingerprint density at radius 3 is 2.88 bits per heavy atom. The highest BCUT2D eigenvalue weighted by Crippen LogP contribution is 2.10. The van der Waals surface area contributed by atoms with Crippen molar-refractivity contribution >= 4 is 11.7 Å². The van der Waals surface area contributed by atoms with Gasteiger partial charge in [-0.3, -0.25) is 4.79 Å². The molecular formula is C13H21N3O. The molecule has 1 rings (SSSR count). The molecule has 1 aromatic heterocycles. The molecule has 2 N–H and O–H groups in total. The third-order valence-corrected chi connectivity index (χ3v) is 2.61. The van der Waals surface area contributed by atoms with Crippen LogP contribution in [0.3, 0.4) is 0 Å². The summed E-state index contributed by atoms with van der Waals surface area (Å²) in [5.74, 6) is 0.567. The molecule has 0 fully saturated rings. The maximum absolute atomic E-state index is 11.9. The Kier molecular flexibility index (Phi) is 6.07. The Labute approximate surface area is 103 Å². The first-order valence-electron chi connectivity index (χ1n) is 6.20. The molecule has 0 aliphatic carbocycles. The number of amides is 1. The van der Waals surface area contributed by atoms with Crippen LogP contribution in [0.2, 0.25) is 0 Å². The van der Waals surface area contributed by atoms with E-state index in [1.54, 1.807) is 25.4 Å². The molecule has 4 heteroatoms. The van der Waals surface area contributed by atoms with Crippen LogP contribution in [0.15, 0.2) is 18.3 Å². The summed E-state index contributed by atoms with van der Waals surface area (Å²) in [5, 5.41) is 5.83. The number of unbranched alkanes of at least 4 members (excludes halogenated alkanes) is 3. The molecule has 0 aliphatic rings. The molecule has 0 bridgehead atoms. The van der Waals surface area contributed by atoms with Gasteiger partial charge in [0.25, 0.3) is 5.91 Å². The number of rotatable bonds is 7. The van der Waals surface area contributed by atoms with Gasteiger partial charge in [-0.15, -0.1) is 0 Å². The van der Waals surface area contributed by atoms with E-state index in [0.29, 0.717) is 11.4 Å². The maximum atomic E-state index is 11.9. The van der Waals surface area contributed by atoms with Gasteiger partial charge in [0.1, 0.15) is 5.82 Å². The van der Waals surface area contributed by atoms with Crippen LogP contribution in [0.5, 0.6) is 0 Å². The molecule has 0 radical (unpaired) electrons. The van der Waals surface area contributed by atoms with E-state index in [-0.39, 0.29) is 5.91 Å². The molecule has 94 valence electrons. The normalized spacial score (nSPS) is 10.0. The standard InChI is InChI=1S/C13H21N3O/c1-3-4-5-6-9-16-13(17)11-8-7-10-15-12(11)14-2/h7-8,10H,3-6,9H2,1-2H3,(H,14,15)(H,16,17). The average Bonchev–Trinajstić information content (AvgIpc) is 2.38. The lowest BCUT2D eigenvalue weighted by atomic mass is 10.2. The van der Waals surface area contributed by atoms with E-state index in [2.05, 4.69) is 22.5 Å². The third kappa shape index (κ3) is 4.43. The number of pyridine rings is 1. The minimum absolute atomic E-state index is 0.0565. The largest absolute Gasteiger partial charge is 0.372 e. The molecule has 17 heavy (non-hydrogen) atoms. The van der Waals surface area contributed by atoms with Crippen LogP contribution in [0.25, 0.3) is 0 Å². The van der Waals surface area contributed by atoms with Gasteiger partial charge in [-0.1, -0.05) is 26.2 Å². The number of anilines is 1. The molecule has 0 aliphatic heterocycles. The average molecular weight is 235 g/mol. The smallest absolute Gasteiger partial charge is 0.255 e. The highest BCUT2D eigenvalue weighted by molar-refractivity contribution is 5.98. The molecule has 1 aromatic rings. The number of nitrogens with one attached hydrogen (secondary N) is 2. The summed E-state index contributed by atoms with van der Waals surface area (Å²) in [6.07, 6.45) is 6.31. The van der Waals surface area contributed by atoms with Gasteiger partial charge in [0, 0.05) is 19.8 Å². The predicted molar refractivity (Wildman–Crippen MR) is 70.3 cm³/mol. The molecule has 1 amide bonds. The van der Waals surface area contributed by atoms with Gasteiger partial charge < -0.3 is 10.6 Å². The zero-order valence-electron chi connectivity index (χ0n) is 10.6. The summed E-state index contributed by atoms with van der Waals surface area (Å²) in [6.45, 7) is 2.91. The van der Waals surface area contributed by atoms with Gasteiger partial charge in [-0.2, -0.15) is 0 Å². The topological polar surface area (TPSA) is 54.0 Å². The van der Waals surface area contributed by atoms with Crippen LogP contribution in [0, 0.1) is 0 Å². The van der Waals surface area contributed by atoms with Crippen LogP contribution >= 0.6 is 0 Å². The summed E-state index contributed by atoms with van der Waals surface area (Å²) in [6, 6.07) is 3.55. The van der Waals surface area contributed by atoms with Crippen LogP contribution in [-0.4, -0.2) is 24.5 Å². The van der Waals surface area contributed by atoms with Gasteiger partial charge >= 0.3 is 0 Å². The lowest BCUT2D eigenvalue weighted by molar-refractivity contribution is 0.0953. The molecule has 0 saturated carbocycles. The Balaban J connectivity index is 2.41. The number of carbonyl (C=O) groups excluding carboxylic acids is 1. The van der Waals surface area contributed by atoms with E-state index in [0.717, 1.165) is 13.0 Å². The summed E-state index contributed by atoms with van der Waals surface area (Å²) >= 11 is 0. The first-order chi connectivity index (χ1) is 8.29. The lowest BCUT2D eigenvalue weighted by Gasteiger charge is -2.08. The molecule has 0 spiro atoms. The van der Waals surface area contributed by atoms with Gasteiger partial charge in [0.15, 0.2) is 0 Å². The number of nitrogens with zero attached hydrogens (tertiary/aromatic N) is 1. The van der Waals surface area contributed by atoms with Gasteiger partial charge in [0.05, 0.1) is 5.56 Å². The van der Waals surface area contributed by atoms with Crippen molar-refractivity contribution < 1.29 is 4.79 Å². The van der Waals surface area contributed by atoms with Crippen LogP contribution < -0.4 is 10.6 Å². The summed E-state index contributed by atoms with van der Waals surface area (Å²) in [4.78, 5) is 16.0. The monoisotopic (exact) mass is 235 g/mol. The van der Waals surface area contributed by atoms with E-state index < -0.39 is 0 Å². The van der Waals surface area contributed by atoms with Crippen molar-refractivity contribution in [2.75, 3.05) is 18.9 Å². The maximum Gasteiger partial charge on any atom is 0.255 e. The van der Waals surface area contributed by atoms with Crippen molar-refractivity contribution in [2.24, 2.45) is 0 Å². The molecule has 4 nitrogen and oxygen atoms in total. The quantitative estimate of drug-likeness (QED) is 0.714. The minimum atomic E-state index is -0.0565. The molecular weight excluding hydrogens is 214 g/mol. The first-order valence-corrected chi connectivity index (χ1v) is 6.20. The summed E-state index contributed by atoms with van der Waals surface area (Å²) in [5.41, 5.74) is 0.602. The fraction of sp³-hybridized carbons (Fsp3) is 0.538. The Hall–Kier alpha value is -1.58. The van der Waals surface area contributed by atoms with Crippen LogP contribution in [0.4, 0.5) is 5.82 Å². The molecule has 0 aromatic carbocycles. The Morgan fingerprint density at radius 1 is 1.35 bits per heavy atom. The van der Waals surface area contributed by atoms with E-state index in [4.69, 9.17) is 0 Å². The number of hydrogen-bond acceptors (Lipinski definition) is 3. The number of hydrogen-bond donors (Lipinski definition) is 2. The fourth-order valence-electron chi connectivity index (χ4n) is 1.64. The van der Waals surface area contributed by atoms with Gasteiger partial charge in [-0.25, -0.2) is 4.98 Å². The third-order valence-electron chi connectivity index (χ3n) is 2.61. The number of carbonyl (C=O) groups is 1. The van der Waals surface area contributed by atoms with Crippen molar-refractivity contribution in [1.29, 1.82) is 0 Å². The summed E-state index contributed by atoms with van der Waals surface area (Å²) < 4.78 is 0. The van der Waals surface area contributed by atoms with Gasteiger partial charge in [-0.05, 0) is 18.6 Å². The number of aromatic nitrogens is 1. The highest BCUT2D eigenvalue weighted by atomic mass is 16.1. The Morgan fingerprint density at radius 2 is 2.18 bits per heavy atom. The van der Waals surface area contributed by atoms with Crippen molar-refractivity contribution in [1.82, 2.24) is 10.3 Å². The van der Waals surface area contributed by atoms with Crippen molar-refractivity contribution in [3.05, 3.63) is 23.9 Å². The van der Waals surface area contributed by atoms with Crippen LogP contribution in [0.1, 0.15) is 43.0 Å². The van der Waals surface area contributed by atoms with Crippen molar-refractivity contribution in [3.63, 3.8) is 0 Å². The lowest BCUT2D eigenvalue weighted by Crippen LogP contribution is -2.25. The second-order valence-corrected chi connectivity index (χ2v) is 3.97. The van der Waals surface area contributed by atoms with E-state index >= 15 is 0 Å². The fourth-order valence-corrected chi connectivity index (χ4v) is 1.64. The van der Waals surface area contributed by atoms with E-state index in [1.807, 2.05) is 0 Å². The van der Waals surface area contributed by atoms with Crippen LogP contribution in [-0.2, 0) is 0 Å². The predicted octanol–water partition coefficient (Wildman–Crippen LogP) is 2.43. The van der Waals surface area contributed by atoms with E-state index in [9.17, 15) is 4.79 Å². The minimum Gasteiger partial charge on any atom is -0.372 e. The molecule has 1 heterocycles. The highest BCUT2D eigenvalue weighted by Gasteiger charge is 2.09. The Bertz CT molecular complexity index is 352. The molecule has 0 atom stereocenters. The van der Waals surface area contributed by atoms with E-state index in [1.165, 1.54) is 19.3 Å². The molecule has 0 unspecified atom stereocenters. The second kappa shape index (κ2) is 7.65. The first kappa shape index (κ1) is 13.5. The molecule has 0 saturated heterocycles. The summed E-state index contributed by atoms with van der Waals surface area (Å²) in [7, 11) is 1.76. The zero-order chi connectivity index (χ0) is 12.5. The van der Waals surface area contributed by atoms with Crippen molar-refractivity contribution in [3.8, 4) is 0 Å². The second-order valence-electron chi connectivity index (χ2n) is 3.97.